The number of hydrogen-bond acceptors (Lipinski definition) is 3. The molecule has 1 heterocycles. The largest absolute Gasteiger partial charge is 0.370 e. The first kappa shape index (κ1) is 11.8. The van der Waals surface area contributed by atoms with Gasteiger partial charge in [-0.15, -0.1) is 0 Å². The van der Waals surface area contributed by atoms with Crippen LogP contribution in [0, 0.1) is 0 Å². The second kappa shape index (κ2) is 5.14. The van der Waals surface area contributed by atoms with Crippen molar-refractivity contribution >= 4 is 5.96 Å². The van der Waals surface area contributed by atoms with E-state index in [9.17, 15) is 0 Å². The Morgan fingerprint density at radius 2 is 1.42 bits per heavy atom. The SMILES string of the molecule is NC1=NCCN1C(c1ccccc1)c1ccccc1. The van der Waals surface area contributed by atoms with Gasteiger partial charge in [0.15, 0.2) is 5.96 Å². The first-order valence-electron chi connectivity index (χ1n) is 6.53. The number of hydrogen-bond donors (Lipinski definition) is 1. The van der Waals surface area contributed by atoms with Crippen molar-refractivity contribution in [3.8, 4) is 0 Å². The van der Waals surface area contributed by atoms with E-state index < -0.39 is 0 Å². The third kappa shape index (κ3) is 2.32. The Morgan fingerprint density at radius 1 is 0.895 bits per heavy atom. The number of aliphatic imine (C=N–C) groups is 1. The van der Waals surface area contributed by atoms with Gasteiger partial charge in [0.1, 0.15) is 0 Å². The predicted molar refractivity (Wildman–Crippen MR) is 77.9 cm³/mol. The zero-order valence-electron chi connectivity index (χ0n) is 10.7. The Hall–Kier alpha value is -2.29. The van der Waals surface area contributed by atoms with Crippen LogP contribution in [-0.4, -0.2) is 23.9 Å². The number of benzene rings is 2. The molecule has 0 spiro atoms. The van der Waals surface area contributed by atoms with Gasteiger partial charge in [-0.1, -0.05) is 60.7 Å². The van der Waals surface area contributed by atoms with E-state index in [4.69, 9.17) is 5.73 Å². The van der Waals surface area contributed by atoms with Gasteiger partial charge in [0.25, 0.3) is 0 Å². The third-order valence-corrected chi connectivity index (χ3v) is 3.45. The summed E-state index contributed by atoms with van der Waals surface area (Å²) < 4.78 is 0. The van der Waals surface area contributed by atoms with Crippen molar-refractivity contribution < 1.29 is 0 Å². The van der Waals surface area contributed by atoms with E-state index >= 15 is 0 Å². The van der Waals surface area contributed by atoms with Crippen LogP contribution in [0.2, 0.25) is 0 Å². The van der Waals surface area contributed by atoms with E-state index in [-0.39, 0.29) is 6.04 Å². The van der Waals surface area contributed by atoms with Crippen LogP contribution < -0.4 is 5.73 Å². The van der Waals surface area contributed by atoms with E-state index in [1.54, 1.807) is 0 Å². The zero-order chi connectivity index (χ0) is 13.1. The van der Waals surface area contributed by atoms with E-state index in [0.29, 0.717) is 5.96 Å². The third-order valence-electron chi connectivity index (χ3n) is 3.45. The molecule has 0 bridgehead atoms. The zero-order valence-corrected chi connectivity index (χ0v) is 10.7. The number of nitrogens with zero attached hydrogens (tertiary/aromatic N) is 2. The minimum atomic E-state index is 0.147. The van der Waals surface area contributed by atoms with Crippen LogP contribution in [0.25, 0.3) is 0 Å². The van der Waals surface area contributed by atoms with E-state index in [1.807, 2.05) is 12.1 Å². The summed E-state index contributed by atoms with van der Waals surface area (Å²) in [4.78, 5) is 6.48. The molecular formula is C16H17N3. The Balaban J connectivity index is 2.04. The molecule has 0 fully saturated rings. The molecule has 0 amide bonds. The van der Waals surface area contributed by atoms with Crippen LogP contribution in [0.5, 0.6) is 0 Å². The fourth-order valence-electron chi connectivity index (χ4n) is 2.56. The molecule has 19 heavy (non-hydrogen) atoms. The second-order valence-electron chi connectivity index (χ2n) is 4.66. The molecule has 3 nitrogen and oxygen atoms in total. The highest BCUT2D eigenvalue weighted by molar-refractivity contribution is 5.80. The molecule has 3 rings (SSSR count). The smallest absolute Gasteiger partial charge is 0.192 e. The molecule has 96 valence electrons. The number of nitrogens with two attached hydrogens (primary N) is 1. The molecule has 0 aliphatic carbocycles. The molecule has 1 aliphatic heterocycles. The average Bonchev–Trinajstić information content (AvgIpc) is 2.88. The van der Waals surface area contributed by atoms with Crippen LogP contribution in [-0.2, 0) is 0 Å². The number of guanidine groups is 1. The summed E-state index contributed by atoms with van der Waals surface area (Å²) in [5.74, 6) is 0.637. The van der Waals surface area contributed by atoms with Crippen LogP contribution in [0.15, 0.2) is 65.7 Å². The van der Waals surface area contributed by atoms with Gasteiger partial charge < -0.3 is 10.6 Å². The Kier molecular flexibility index (Phi) is 3.19. The first-order valence-corrected chi connectivity index (χ1v) is 6.53. The summed E-state index contributed by atoms with van der Waals surface area (Å²) in [6.45, 7) is 1.66. The fraction of sp³-hybridized carbons (Fsp3) is 0.188. The van der Waals surface area contributed by atoms with Crippen LogP contribution >= 0.6 is 0 Å². The van der Waals surface area contributed by atoms with Crippen molar-refractivity contribution in [3.63, 3.8) is 0 Å². The fourth-order valence-corrected chi connectivity index (χ4v) is 2.56. The Morgan fingerprint density at radius 3 is 1.84 bits per heavy atom. The van der Waals surface area contributed by atoms with Gasteiger partial charge in [-0.2, -0.15) is 0 Å². The van der Waals surface area contributed by atoms with Gasteiger partial charge in [-0.05, 0) is 11.1 Å². The predicted octanol–water partition coefficient (Wildman–Crippen LogP) is 2.41. The molecule has 0 radical (unpaired) electrons. The van der Waals surface area contributed by atoms with Gasteiger partial charge in [0, 0.05) is 6.54 Å². The van der Waals surface area contributed by atoms with E-state index in [2.05, 4.69) is 58.4 Å². The standard InChI is InChI=1S/C16H17N3/c17-16-18-11-12-19(16)15(13-7-3-1-4-8-13)14-9-5-2-6-10-14/h1-10,15H,11-12H2,(H2,17,18). The normalized spacial score (nSPS) is 14.8. The number of rotatable bonds is 3. The highest BCUT2D eigenvalue weighted by Gasteiger charge is 2.26. The minimum Gasteiger partial charge on any atom is -0.370 e. The summed E-state index contributed by atoms with van der Waals surface area (Å²) in [5, 5.41) is 0. The van der Waals surface area contributed by atoms with Gasteiger partial charge in [-0.25, -0.2) is 0 Å². The lowest BCUT2D eigenvalue weighted by Gasteiger charge is -2.29. The summed E-state index contributed by atoms with van der Waals surface area (Å²) in [5.41, 5.74) is 8.52. The molecule has 0 saturated carbocycles. The second-order valence-corrected chi connectivity index (χ2v) is 4.66. The molecule has 2 aromatic carbocycles. The van der Waals surface area contributed by atoms with Crippen molar-refractivity contribution in [3.05, 3.63) is 71.8 Å². The highest BCUT2D eigenvalue weighted by Crippen LogP contribution is 2.29. The van der Waals surface area contributed by atoms with Crippen molar-refractivity contribution in [1.82, 2.24) is 4.90 Å². The van der Waals surface area contributed by atoms with E-state index in [0.717, 1.165) is 13.1 Å². The molecule has 2 aromatic rings. The maximum Gasteiger partial charge on any atom is 0.192 e. The molecule has 0 saturated heterocycles. The van der Waals surface area contributed by atoms with E-state index in [1.165, 1.54) is 11.1 Å². The van der Waals surface area contributed by atoms with Gasteiger partial charge >= 0.3 is 0 Å². The lowest BCUT2D eigenvalue weighted by Crippen LogP contribution is -2.37. The molecule has 0 atom stereocenters. The minimum absolute atomic E-state index is 0.147. The van der Waals surface area contributed by atoms with Crippen molar-refractivity contribution in [1.29, 1.82) is 0 Å². The van der Waals surface area contributed by atoms with Crippen LogP contribution in [0.3, 0.4) is 0 Å². The lowest BCUT2D eigenvalue weighted by atomic mass is 9.97. The summed E-state index contributed by atoms with van der Waals surface area (Å²) >= 11 is 0. The summed E-state index contributed by atoms with van der Waals surface area (Å²) in [6.07, 6.45) is 0. The van der Waals surface area contributed by atoms with Crippen LogP contribution in [0.4, 0.5) is 0 Å². The topological polar surface area (TPSA) is 41.6 Å². The van der Waals surface area contributed by atoms with Crippen LogP contribution in [0.1, 0.15) is 17.2 Å². The maximum atomic E-state index is 6.03. The molecule has 2 N–H and O–H groups in total. The maximum absolute atomic E-state index is 6.03. The Bertz CT molecular complexity index is 524. The average molecular weight is 251 g/mol. The van der Waals surface area contributed by atoms with Crippen molar-refractivity contribution in [2.45, 2.75) is 6.04 Å². The van der Waals surface area contributed by atoms with Gasteiger partial charge in [0.05, 0.1) is 12.6 Å². The highest BCUT2D eigenvalue weighted by atomic mass is 15.3. The molecule has 3 heteroatoms. The van der Waals surface area contributed by atoms with Crippen molar-refractivity contribution in [2.24, 2.45) is 10.7 Å². The molecule has 0 aromatic heterocycles. The summed E-state index contributed by atoms with van der Waals surface area (Å²) in [6, 6.07) is 21.0. The molecular weight excluding hydrogens is 234 g/mol. The van der Waals surface area contributed by atoms with Gasteiger partial charge in [-0.3, -0.25) is 4.99 Å². The quantitative estimate of drug-likeness (QED) is 0.910. The molecule has 0 unspecified atom stereocenters. The molecule has 1 aliphatic rings. The monoisotopic (exact) mass is 251 g/mol. The first-order chi connectivity index (χ1) is 9.36. The van der Waals surface area contributed by atoms with Gasteiger partial charge in [0.2, 0.25) is 0 Å². The van der Waals surface area contributed by atoms with Crippen molar-refractivity contribution in [2.75, 3.05) is 13.1 Å². The Labute approximate surface area is 113 Å². The lowest BCUT2D eigenvalue weighted by molar-refractivity contribution is 0.385. The summed E-state index contributed by atoms with van der Waals surface area (Å²) in [7, 11) is 0.